The number of fused-ring (bicyclic) bond motifs is 1. The molecule has 4 heterocycles. The highest BCUT2D eigenvalue weighted by Gasteiger charge is 2.49. The fourth-order valence-corrected chi connectivity index (χ4v) is 6.75. The van der Waals surface area contributed by atoms with Gasteiger partial charge in [-0.2, -0.15) is 0 Å². The molecule has 5 aromatic rings. The zero-order chi connectivity index (χ0) is 30.2. The number of Topliss-reactive ketones (excluding diaryl/α,β-unsaturated/α-hetero) is 1. The lowest BCUT2D eigenvalue weighted by Gasteiger charge is -2.23. The van der Waals surface area contributed by atoms with Crippen LogP contribution < -0.4 is 9.64 Å². The van der Waals surface area contributed by atoms with Crippen LogP contribution in [0.5, 0.6) is 11.5 Å². The lowest BCUT2D eigenvalue weighted by Crippen LogP contribution is -2.29. The number of aromatic nitrogens is 4. The molecule has 1 unspecified atom stereocenters. The Morgan fingerprint density at radius 2 is 1.91 bits per heavy atom. The number of rotatable bonds is 8. The summed E-state index contributed by atoms with van der Waals surface area (Å²) in [6.07, 6.45) is 1.71. The molecule has 10 nitrogen and oxygen atoms in total. The van der Waals surface area contributed by atoms with E-state index in [1.165, 1.54) is 40.9 Å². The molecule has 0 spiro atoms. The Bertz CT molecular complexity index is 1900. The van der Waals surface area contributed by atoms with Crippen molar-refractivity contribution in [1.29, 1.82) is 0 Å². The Morgan fingerprint density at radius 1 is 1.12 bits per heavy atom. The molecule has 0 aliphatic carbocycles. The molecule has 0 saturated carbocycles. The number of benzene rings is 2. The number of halogens is 1. The summed E-state index contributed by atoms with van der Waals surface area (Å²) in [6, 6.07) is 14.8. The molecular weight excluding hydrogens is 593 g/mol. The van der Waals surface area contributed by atoms with Gasteiger partial charge in [0.05, 0.1) is 23.9 Å². The Kier molecular flexibility index (Phi) is 7.59. The van der Waals surface area contributed by atoms with Crippen LogP contribution in [0.2, 0.25) is 0 Å². The van der Waals surface area contributed by atoms with Crippen molar-refractivity contribution in [2.24, 2.45) is 0 Å². The SMILES string of the molecule is CCOc1cc(C2/C(=C(\O)c3c(C)nc4ccccn34)C(=O)C(=O)N2c2nnc(SCc3ccc(F)cc3)s2)ccc1O. The lowest BCUT2D eigenvalue weighted by molar-refractivity contribution is -0.132. The van der Waals surface area contributed by atoms with Gasteiger partial charge in [0.1, 0.15) is 17.2 Å². The van der Waals surface area contributed by atoms with E-state index in [-0.39, 0.29) is 40.3 Å². The number of anilines is 1. The highest BCUT2D eigenvalue weighted by Crippen LogP contribution is 2.45. The molecular formula is C30H24FN5O5S2. The van der Waals surface area contributed by atoms with Gasteiger partial charge in [-0.15, -0.1) is 10.2 Å². The highest BCUT2D eigenvalue weighted by atomic mass is 32.2. The van der Waals surface area contributed by atoms with Gasteiger partial charge >= 0.3 is 5.91 Å². The number of carbonyl (C=O) groups is 2. The lowest BCUT2D eigenvalue weighted by atomic mass is 9.96. The number of carbonyl (C=O) groups excluding carboxylic acids is 2. The summed E-state index contributed by atoms with van der Waals surface area (Å²) in [6.45, 7) is 3.73. The third-order valence-electron chi connectivity index (χ3n) is 6.85. The number of amides is 1. The molecule has 3 aromatic heterocycles. The number of phenols is 1. The Hall–Kier alpha value is -4.75. The van der Waals surface area contributed by atoms with Gasteiger partial charge < -0.3 is 14.9 Å². The summed E-state index contributed by atoms with van der Waals surface area (Å²) in [7, 11) is 0. The number of hydrogen-bond donors (Lipinski definition) is 2. The molecule has 2 N–H and O–H groups in total. The van der Waals surface area contributed by atoms with Gasteiger partial charge in [0.25, 0.3) is 5.78 Å². The van der Waals surface area contributed by atoms with Gasteiger partial charge in [0, 0.05) is 11.9 Å². The number of nitrogens with zero attached hydrogens (tertiary/aromatic N) is 5. The summed E-state index contributed by atoms with van der Waals surface area (Å²) in [5, 5.41) is 30.7. The first-order chi connectivity index (χ1) is 20.8. The molecule has 2 aromatic carbocycles. The van der Waals surface area contributed by atoms with Crippen molar-refractivity contribution in [3.05, 3.63) is 101 Å². The predicted octanol–water partition coefficient (Wildman–Crippen LogP) is 5.66. The largest absolute Gasteiger partial charge is 0.505 e. The molecule has 6 rings (SSSR count). The number of imidazole rings is 1. The Labute approximate surface area is 253 Å². The van der Waals surface area contributed by atoms with Crippen molar-refractivity contribution in [3.63, 3.8) is 0 Å². The molecule has 0 radical (unpaired) electrons. The van der Waals surface area contributed by atoms with Crippen LogP contribution in [0, 0.1) is 12.7 Å². The highest BCUT2D eigenvalue weighted by molar-refractivity contribution is 8.00. The van der Waals surface area contributed by atoms with E-state index in [1.807, 2.05) is 0 Å². The van der Waals surface area contributed by atoms with Crippen molar-refractivity contribution >= 4 is 51.3 Å². The predicted molar refractivity (Wildman–Crippen MR) is 160 cm³/mol. The standard InChI is InChI=1S/C30H24FN5O5S2/c1-3-41-21-14-18(9-12-20(21)37)25-23(26(38)24-16(2)32-22-6-4-5-13-35(22)24)27(39)28(40)36(25)29-33-34-30(43-29)42-15-17-7-10-19(31)11-8-17/h4-14,25,37-38H,3,15H2,1-2H3/b26-23+. The van der Waals surface area contributed by atoms with Crippen LogP contribution in [0.15, 0.2) is 76.8 Å². The second-order valence-electron chi connectivity index (χ2n) is 9.57. The van der Waals surface area contributed by atoms with Crippen LogP contribution in [0.4, 0.5) is 9.52 Å². The van der Waals surface area contributed by atoms with Crippen LogP contribution >= 0.6 is 23.1 Å². The van der Waals surface area contributed by atoms with Crippen LogP contribution in [-0.4, -0.2) is 48.1 Å². The summed E-state index contributed by atoms with van der Waals surface area (Å²) < 4.78 is 21.0. The van der Waals surface area contributed by atoms with Gasteiger partial charge in [-0.05, 0) is 61.4 Å². The molecule has 218 valence electrons. The van der Waals surface area contributed by atoms with Crippen molar-refractivity contribution in [3.8, 4) is 11.5 Å². The number of aryl methyl sites for hydroxylation is 1. The number of aliphatic hydroxyl groups excluding tert-OH is 1. The van der Waals surface area contributed by atoms with Crippen LogP contribution in [0.25, 0.3) is 11.4 Å². The van der Waals surface area contributed by atoms with Crippen molar-refractivity contribution in [2.45, 2.75) is 30.0 Å². The Balaban J connectivity index is 1.46. The molecule has 1 amide bonds. The van der Waals surface area contributed by atoms with E-state index in [0.29, 0.717) is 27.0 Å². The summed E-state index contributed by atoms with van der Waals surface area (Å²) in [4.78, 5) is 33.0. The number of aliphatic hydroxyl groups is 1. The first-order valence-electron chi connectivity index (χ1n) is 13.2. The quantitative estimate of drug-likeness (QED) is 0.0745. The number of pyridine rings is 1. The summed E-state index contributed by atoms with van der Waals surface area (Å²) in [5.41, 5.74) is 2.41. The van der Waals surface area contributed by atoms with Gasteiger partial charge in [-0.1, -0.05) is 47.4 Å². The van der Waals surface area contributed by atoms with Gasteiger partial charge in [-0.25, -0.2) is 9.37 Å². The van der Waals surface area contributed by atoms with Crippen molar-refractivity contribution in [2.75, 3.05) is 11.5 Å². The van der Waals surface area contributed by atoms with E-state index in [2.05, 4.69) is 15.2 Å². The number of thioether (sulfide) groups is 1. The third kappa shape index (κ3) is 5.21. The summed E-state index contributed by atoms with van der Waals surface area (Å²) >= 11 is 2.46. The first kappa shape index (κ1) is 28.4. The van der Waals surface area contributed by atoms with Crippen LogP contribution in [-0.2, 0) is 15.3 Å². The number of hydrogen-bond acceptors (Lipinski definition) is 10. The number of ether oxygens (including phenoxy) is 1. The average Bonchev–Trinajstić information content (AvgIpc) is 3.67. The number of aromatic hydroxyl groups is 1. The van der Waals surface area contributed by atoms with Crippen molar-refractivity contribution in [1.82, 2.24) is 19.6 Å². The smallest absolute Gasteiger partial charge is 0.301 e. The minimum absolute atomic E-state index is 0.115. The zero-order valence-electron chi connectivity index (χ0n) is 22.9. The fraction of sp³-hybridized carbons (Fsp3) is 0.167. The maximum Gasteiger partial charge on any atom is 0.301 e. The average molecular weight is 618 g/mol. The number of phenolic OH excluding ortho intramolecular Hbond substituents is 1. The Morgan fingerprint density at radius 3 is 2.67 bits per heavy atom. The minimum Gasteiger partial charge on any atom is -0.505 e. The third-order valence-corrected chi connectivity index (χ3v) is 8.98. The summed E-state index contributed by atoms with van der Waals surface area (Å²) in [5.74, 6) is -2.00. The monoisotopic (exact) mass is 617 g/mol. The van der Waals surface area contributed by atoms with Gasteiger partial charge in [0.2, 0.25) is 5.13 Å². The van der Waals surface area contributed by atoms with E-state index in [4.69, 9.17) is 4.74 Å². The maximum atomic E-state index is 13.7. The molecule has 1 aliphatic heterocycles. The van der Waals surface area contributed by atoms with E-state index in [9.17, 15) is 24.2 Å². The fourth-order valence-electron chi connectivity index (χ4n) is 4.93. The van der Waals surface area contributed by atoms with E-state index < -0.39 is 23.5 Å². The number of ketones is 1. The molecule has 13 heteroatoms. The first-order valence-corrected chi connectivity index (χ1v) is 15.0. The molecule has 1 fully saturated rings. The van der Waals surface area contributed by atoms with E-state index in [1.54, 1.807) is 60.8 Å². The zero-order valence-corrected chi connectivity index (χ0v) is 24.5. The van der Waals surface area contributed by atoms with E-state index in [0.717, 1.165) is 16.9 Å². The maximum absolute atomic E-state index is 13.7. The molecule has 1 atom stereocenters. The molecule has 1 aliphatic rings. The topological polar surface area (TPSA) is 130 Å². The van der Waals surface area contributed by atoms with Crippen LogP contribution in [0.1, 0.15) is 35.5 Å². The second kappa shape index (κ2) is 11.5. The van der Waals surface area contributed by atoms with Gasteiger partial charge in [0.15, 0.2) is 21.6 Å². The molecule has 0 bridgehead atoms. The van der Waals surface area contributed by atoms with E-state index >= 15 is 0 Å². The van der Waals surface area contributed by atoms with Crippen molar-refractivity contribution < 1.29 is 28.9 Å². The minimum atomic E-state index is -1.11. The second-order valence-corrected chi connectivity index (χ2v) is 11.7. The van der Waals surface area contributed by atoms with Crippen LogP contribution in [0.3, 0.4) is 0 Å². The normalized spacial score (nSPS) is 16.3. The van der Waals surface area contributed by atoms with Gasteiger partial charge in [-0.3, -0.25) is 18.9 Å². The molecule has 1 saturated heterocycles. The molecule has 43 heavy (non-hydrogen) atoms.